The molecule has 0 saturated heterocycles. The second kappa shape index (κ2) is 10.1. The summed E-state index contributed by atoms with van der Waals surface area (Å²) in [6, 6.07) is 20.2. The highest BCUT2D eigenvalue weighted by Gasteiger charge is 2.19. The van der Waals surface area contributed by atoms with E-state index < -0.39 is 0 Å². The number of hydrogen-bond donors (Lipinski definition) is 1. The highest BCUT2D eigenvalue weighted by Crippen LogP contribution is 2.22. The molecule has 0 unspecified atom stereocenters. The molecule has 0 fully saturated rings. The molecule has 5 nitrogen and oxygen atoms in total. The lowest BCUT2D eigenvalue weighted by molar-refractivity contribution is -0.116. The van der Waals surface area contributed by atoms with Gasteiger partial charge in [-0.2, -0.15) is 0 Å². The third-order valence-corrected chi connectivity index (χ3v) is 5.15. The van der Waals surface area contributed by atoms with E-state index >= 15 is 0 Å². The first-order valence-electron chi connectivity index (χ1n) is 9.93. The van der Waals surface area contributed by atoms with Crippen LogP contribution in [0.15, 0.2) is 66.7 Å². The van der Waals surface area contributed by atoms with Gasteiger partial charge in [0.05, 0.1) is 12.1 Å². The number of aryl methyl sites for hydroxylation is 2. The lowest BCUT2D eigenvalue weighted by atomic mass is 10.1. The van der Waals surface area contributed by atoms with Gasteiger partial charge in [0.1, 0.15) is 12.4 Å². The van der Waals surface area contributed by atoms with Crippen LogP contribution in [0.5, 0.6) is 5.75 Å². The maximum atomic E-state index is 13.0. The standard InChI is InChI=1S/C25H25ClN2O3/c1-17-7-6-8-18(2)24(17)27-23(29)15-28(3)25(30)21-9-4-5-10-22(21)31-16-19-11-13-20(26)14-12-19/h4-14H,15-16H2,1-3H3,(H,27,29). The fraction of sp³-hybridized carbons (Fsp3) is 0.200. The van der Waals surface area contributed by atoms with Crippen molar-refractivity contribution < 1.29 is 14.3 Å². The summed E-state index contributed by atoms with van der Waals surface area (Å²) in [6.45, 7) is 4.11. The van der Waals surface area contributed by atoms with Gasteiger partial charge in [-0.25, -0.2) is 0 Å². The predicted octanol–water partition coefficient (Wildman–Crippen LogP) is 5.25. The molecule has 3 aromatic carbocycles. The quantitative estimate of drug-likeness (QED) is 0.550. The van der Waals surface area contributed by atoms with Crippen molar-refractivity contribution in [2.24, 2.45) is 0 Å². The number of anilines is 1. The summed E-state index contributed by atoms with van der Waals surface area (Å²) >= 11 is 5.92. The van der Waals surface area contributed by atoms with Crippen LogP contribution < -0.4 is 10.1 Å². The third-order valence-electron chi connectivity index (χ3n) is 4.90. The number of nitrogens with zero attached hydrogens (tertiary/aromatic N) is 1. The molecule has 0 bridgehead atoms. The monoisotopic (exact) mass is 436 g/mol. The van der Waals surface area contributed by atoms with Gasteiger partial charge in [0.25, 0.3) is 5.91 Å². The van der Waals surface area contributed by atoms with Gasteiger partial charge >= 0.3 is 0 Å². The van der Waals surface area contributed by atoms with E-state index in [0.29, 0.717) is 22.9 Å². The Bertz CT molecular complexity index is 1060. The van der Waals surface area contributed by atoms with Crippen LogP contribution in [0.1, 0.15) is 27.0 Å². The van der Waals surface area contributed by atoms with Gasteiger partial charge in [-0.3, -0.25) is 9.59 Å². The number of hydrogen-bond acceptors (Lipinski definition) is 3. The minimum Gasteiger partial charge on any atom is -0.488 e. The third kappa shape index (κ3) is 5.86. The first-order valence-corrected chi connectivity index (χ1v) is 10.3. The summed E-state index contributed by atoms with van der Waals surface area (Å²) in [5, 5.41) is 3.56. The van der Waals surface area contributed by atoms with Crippen molar-refractivity contribution in [3.05, 3.63) is 94.0 Å². The van der Waals surface area contributed by atoms with Crippen LogP contribution in [-0.2, 0) is 11.4 Å². The fourth-order valence-corrected chi connectivity index (χ4v) is 3.32. The van der Waals surface area contributed by atoms with Crippen molar-refractivity contribution in [1.82, 2.24) is 4.90 Å². The smallest absolute Gasteiger partial charge is 0.257 e. The maximum absolute atomic E-state index is 13.0. The molecule has 2 amide bonds. The number of rotatable bonds is 7. The Balaban J connectivity index is 1.66. The van der Waals surface area contributed by atoms with Gasteiger partial charge in [0, 0.05) is 17.8 Å². The molecular formula is C25H25ClN2O3. The molecule has 6 heteroatoms. The topological polar surface area (TPSA) is 58.6 Å². The van der Waals surface area contributed by atoms with Crippen LogP contribution in [0, 0.1) is 13.8 Å². The number of carbonyl (C=O) groups is 2. The van der Waals surface area contributed by atoms with Crippen LogP contribution in [0.2, 0.25) is 5.02 Å². The molecule has 3 aromatic rings. The molecule has 0 atom stereocenters. The summed E-state index contributed by atoms with van der Waals surface area (Å²) in [4.78, 5) is 26.9. The molecule has 3 rings (SSSR count). The molecule has 0 heterocycles. The van der Waals surface area contributed by atoms with Gasteiger partial charge in [-0.05, 0) is 54.8 Å². The van der Waals surface area contributed by atoms with Crippen LogP contribution in [0.3, 0.4) is 0 Å². The number of para-hydroxylation sites is 2. The summed E-state index contributed by atoms with van der Waals surface area (Å²) in [6.07, 6.45) is 0. The lowest BCUT2D eigenvalue weighted by Gasteiger charge is -2.20. The van der Waals surface area contributed by atoms with Crippen LogP contribution in [0.25, 0.3) is 0 Å². The maximum Gasteiger partial charge on any atom is 0.257 e. The van der Waals surface area contributed by atoms with E-state index in [1.807, 2.05) is 50.2 Å². The van der Waals surface area contributed by atoms with E-state index in [-0.39, 0.29) is 18.4 Å². The van der Waals surface area contributed by atoms with Gasteiger partial charge in [0.15, 0.2) is 0 Å². The van der Waals surface area contributed by atoms with Gasteiger partial charge in [0.2, 0.25) is 5.91 Å². The molecular weight excluding hydrogens is 412 g/mol. The number of halogens is 1. The minimum atomic E-state index is -0.289. The second-order valence-electron chi connectivity index (χ2n) is 7.39. The van der Waals surface area contributed by atoms with Crippen molar-refractivity contribution in [3.8, 4) is 5.75 Å². The van der Waals surface area contributed by atoms with E-state index in [0.717, 1.165) is 22.4 Å². The number of likely N-dealkylation sites (N-methyl/N-ethyl adjacent to an activating group) is 1. The highest BCUT2D eigenvalue weighted by molar-refractivity contribution is 6.30. The highest BCUT2D eigenvalue weighted by atomic mass is 35.5. The number of amides is 2. The zero-order chi connectivity index (χ0) is 22.4. The minimum absolute atomic E-state index is 0.0713. The van der Waals surface area contributed by atoms with Crippen LogP contribution in [0.4, 0.5) is 5.69 Å². The second-order valence-corrected chi connectivity index (χ2v) is 7.82. The fourth-order valence-electron chi connectivity index (χ4n) is 3.19. The normalized spacial score (nSPS) is 10.5. The van der Waals surface area contributed by atoms with Crippen LogP contribution in [-0.4, -0.2) is 30.3 Å². The van der Waals surface area contributed by atoms with Crippen molar-refractivity contribution >= 4 is 29.1 Å². The van der Waals surface area contributed by atoms with Gasteiger partial charge < -0.3 is 15.0 Å². The summed E-state index contributed by atoms with van der Waals surface area (Å²) in [7, 11) is 1.60. The molecule has 160 valence electrons. The summed E-state index contributed by atoms with van der Waals surface area (Å²) in [5.41, 5.74) is 4.07. The Kier molecular flexibility index (Phi) is 7.32. The molecule has 0 radical (unpaired) electrons. The van der Waals surface area contributed by atoms with E-state index in [2.05, 4.69) is 5.32 Å². The van der Waals surface area contributed by atoms with Crippen molar-refractivity contribution in [2.45, 2.75) is 20.5 Å². The molecule has 31 heavy (non-hydrogen) atoms. The molecule has 0 aliphatic heterocycles. The average Bonchev–Trinajstić information content (AvgIpc) is 2.75. The number of nitrogens with one attached hydrogen (secondary N) is 1. The van der Waals surface area contributed by atoms with Gasteiger partial charge in [-0.1, -0.05) is 54.1 Å². The van der Waals surface area contributed by atoms with Gasteiger partial charge in [-0.15, -0.1) is 0 Å². The summed E-state index contributed by atoms with van der Waals surface area (Å²) in [5.74, 6) is -0.0827. The van der Waals surface area contributed by atoms with E-state index in [1.165, 1.54) is 4.90 Å². The van der Waals surface area contributed by atoms with Crippen molar-refractivity contribution in [1.29, 1.82) is 0 Å². The van der Waals surface area contributed by atoms with E-state index in [4.69, 9.17) is 16.3 Å². The molecule has 0 saturated carbocycles. The van der Waals surface area contributed by atoms with E-state index in [1.54, 1.807) is 37.4 Å². The SMILES string of the molecule is Cc1cccc(C)c1NC(=O)CN(C)C(=O)c1ccccc1OCc1ccc(Cl)cc1. The first-order chi connectivity index (χ1) is 14.8. The molecule has 0 aromatic heterocycles. The molecule has 0 aliphatic rings. The molecule has 0 aliphatic carbocycles. The largest absolute Gasteiger partial charge is 0.488 e. The number of ether oxygens (including phenoxy) is 1. The van der Waals surface area contributed by atoms with Crippen molar-refractivity contribution in [3.63, 3.8) is 0 Å². The Morgan fingerprint density at radius 3 is 2.26 bits per heavy atom. The van der Waals surface area contributed by atoms with E-state index in [9.17, 15) is 9.59 Å². The Morgan fingerprint density at radius 1 is 0.935 bits per heavy atom. The molecule has 0 spiro atoms. The van der Waals surface area contributed by atoms with Crippen molar-refractivity contribution in [2.75, 3.05) is 18.9 Å². The Hall–Kier alpha value is -3.31. The van der Waals surface area contributed by atoms with Crippen LogP contribution >= 0.6 is 11.6 Å². The average molecular weight is 437 g/mol. The molecule has 1 N–H and O–H groups in total. The summed E-state index contributed by atoms with van der Waals surface area (Å²) < 4.78 is 5.88. The Morgan fingerprint density at radius 2 is 1.58 bits per heavy atom. The first kappa shape index (κ1) is 22.4. The Labute approximate surface area is 187 Å². The zero-order valence-corrected chi connectivity index (χ0v) is 18.6. The zero-order valence-electron chi connectivity index (χ0n) is 17.8. The number of carbonyl (C=O) groups excluding carboxylic acids is 2. The number of benzene rings is 3. The lowest BCUT2D eigenvalue weighted by Crippen LogP contribution is -2.35. The predicted molar refractivity (Wildman–Crippen MR) is 124 cm³/mol.